The fourth-order valence-corrected chi connectivity index (χ4v) is 2.53. The van der Waals surface area contributed by atoms with E-state index >= 15 is 0 Å². The zero-order chi connectivity index (χ0) is 9.31. The predicted octanol–water partition coefficient (Wildman–Crippen LogP) is 0.512. The molecule has 2 N–H and O–H groups in total. The molecule has 1 saturated heterocycles. The Kier molecular flexibility index (Phi) is 2.28. The van der Waals surface area contributed by atoms with E-state index in [1.54, 1.807) is 7.05 Å². The molecule has 3 heteroatoms. The zero-order valence-corrected chi connectivity index (χ0v) is 8.23. The third kappa shape index (κ3) is 1.46. The molecule has 1 amide bonds. The van der Waals surface area contributed by atoms with Crippen molar-refractivity contribution in [2.45, 2.75) is 25.7 Å². The van der Waals surface area contributed by atoms with Gasteiger partial charge in [0.15, 0.2) is 0 Å². The molecule has 0 aromatic rings. The topological polar surface area (TPSA) is 41.1 Å². The first-order chi connectivity index (χ1) is 6.29. The number of hydrogen-bond donors (Lipinski definition) is 2. The highest BCUT2D eigenvalue weighted by molar-refractivity contribution is 5.85. The summed E-state index contributed by atoms with van der Waals surface area (Å²) >= 11 is 0. The fourth-order valence-electron chi connectivity index (χ4n) is 2.53. The molecule has 2 fully saturated rings. The van der Waals surface area contributed by atoms with Crippen molar-refractivity contribution in [3.8, 4) is 0 Å². The number of nitrogens with one attached hydrogen (secondary N) is 2. The van der Waals surface area contributed by atoms with E-state index in [-0.39, 0.29) is 11.3 Å². The van der Waals surface area contributed by atoms with Crippen LogP contribution in [0.5, 0.6) is 0 Å². The Balaban J connectivity index is 2.01. The van der Waals surface area contributed by atoms with Crippen molar-refractivity contribution in [1.82, 2.24) is 10.6 Å². The third-order valence-corrected chi connectivity index (χ3v) is 3.55. The Morgan fingerprint density at radius 3 is 2.77 bits per heavy atom. The largest absolute Gasteiger partial charge is 0.359 e. The van der Waals surface area contributed by atoms with Crippen LogP contribution in [0.4, 0.5) is 0 Å². The normalized spacial score (nSPS) is 31.0. The van der Waals surface area contributed by atoms with Crippen LogP contribution >= 0.6 is 0 Å². The first-order valence-electron chi connectivity index (χ1n) is 5.22. The first kappa shape index (κ1) is 9.00. The van der Waals surface area contributed by atoms with Gasteiger partial charge < -0.3 is 10.6 Å². The van der Waals surface area contributed by atoms with Crippen LogP contribution in [0.1, 0.15) is 25.7 Å². The number of hydrogen-bond acceptors (Lipinski definition) is 2. The van der Waals surface area contributed by atoms with Crippen LogP contribution in [-0.2, 0) is 4.79 Å². The maximum Gasteiger partial charge on any atom is 0.226 e. The van der Waals surface area contributed by atoms with Gasteiger partial charge in [-0.1, -0.05) is 0 Å². The lowest BCUT2D eigenvalue weighted by molar-refractivity contribution is -0.128. The minimum atomic E-state index is 0.0160. The molecule has 0 aromatic carbocycles. The van der Waals surface area contributed by atoms with Crippen LogP contribution in [0.3, 0.4) is 0 Å². The lowest BCUT2D eigenvalue weighted by Crippen LogP contribution is -2.42. The molecule has 0 spiro atoms. The van der Waals surface area contributed by atoms with E-state index in [1.807, 2.05) is 0 Å². The molecule has 0 radical (unpaired) electrons. The highest BCUT2D eigenvalue weighted by Gasteiger charge is 2.54. The average Bonchev–Trinajstić information content (AvgIpc) is 2.99. The summed E-state index contributed by atoms with van der Waals surface area (Å²) in [5.74, 6) is 0.849. The average molecular weight is 182 g/mol. The molecule has 1 aliphatic carbocycles. The SMILES string of the molecule is CNC(=O)C1(C2CCCNC2)CC1. The number of carbonyl (C=O) groups excluding carboxylic acids is 1. The number of amides is 1. The molecule has 0 aromatic heterocycles. The van der Waals surface area contributed by atoms with Crippen molar-refractivity contribution in [3.63, 3.8) is 0 Å². The summed E-state index contributed by atoms with van der Waals surface area (Å²) in [4.78, 5) is 11.7. The van der Waals surface area contributed by atoms with Gasteiger partial charge in [0.25, 0.3) is 0 Å². The van der Waals surface area contributed by atoms with Gasteiger partial charge in [-0.2, -0.15) is 0 Å². The van der Waals surface area contributed by atoms with Crippen molar-refractivity contribution in [1.29, 1.82) is 0 Å². The predicted molar refractivity (Wildman–Crippen MR) is 51.3 cm³/mol. The molecular weight excluding hydrogens is 164 g/mol. The second-order valence-corrected chi connectivity index (χ2v) is 4.28. The van der Waals surface area contributed by atoms with Crippen molar-refractivity contribution in [2.75, 3.05) is 20.1 Å². The molecule has 2 rings (SSSR count). The molecule has 1 aliphatic heterocycles. The fraction of sp³-hybridized carbons (Fsp3) is 0.900. The molecule has 1 heterocycles. The van der Waals surface area contributed by atoms with Gasteiger partial charge >= 0.3 is 0 Å². The van der Waals surface area contributed by atoms with Crippen molar-refractivity contribution < 1.29 is 4.79 Å². The first-order valence-corrected chi connectivity index (χ1v) is 5.22. The van der Waals surface area contributed by atoms with E-state index in [0.29, 0.717) is 5.92 Å². The maximum absolute atomic E-state index is 11.7. The summed E-state index contributed by atoms with van der Waals surface area (Å²) in [5, 5.41) is 6.18. The molecule has 2 aliphatic rings. The van der Waals surface area contributed by atoms with Crippen molar-refractivity contribution >= 4 is 5.91 Å². The molecule has 0 bridgehead atoms. The monoisotopic (exact) mass is 182 g/mol. The minimum absolute atomic E-state index is 0.0160. The Labute approximate surface area is 79.3 Å². The van der Waals surface area contributed by atoms with Crippen LogP contribution in [0.15, 0.2) is 0 Å². The van der Waals surface area contributed by atoms with Gasteiger partial charge in [0.1, 0.15) is 0 Å². The highest BCUT2D eigenvalue weighted by atomic mass is 16.2. The van der Waals surface area contributed by atoms with E-state index in [9.17, 15) is 4.79 Å². The lowest BCUT2D eigenvalue weighted by atomic mass is 9.82. The van der Waals surface area contributed by atoms with Crippen molar-refractivity contribution in [3.05, 3.63) is 0 Å². The second-order valence-electron chi connectivity index (χ2n) is 4.28. The summed E-state index contributed by atoms with van der Waals surface area (Å²) in [5.41, 5.74) is 0.0160. The Morgan fingerprint density at radius 1 is 1.54 bits per heavy atom. The molecule has 1 atom stereocenters. The lowest BCUT2D eigenvalue weighted by Gasteiger charge is -2.29. The van der Waals surface area contributed by atoms with Gasteiger partial charge in [-0.3, -0.25) is 4.79 Å². The van der Waals surface area contributed by atoms with Crippen LogP contribution in [0.2, 0.25) is 0 Å². The molecule has 1 unspecified atom stereocenters. The zero-order valence-electron chi connectivity index (χ0n) is 8.23. The molecule has 1 saturated carbocycles. The van der Waals surface area contributed by atoms with Gasteiger partial charge in [0.2, 0.25) is 5.91 Å². The Bertz CT molecular complexity index is 205. The smallest absolute Gasteiger partial charge is 0.226 e. The summed E-state index contributed by atoms with van der Waals surface area (Å²) in [7, 11) is 1.75. The van der Waals surface area contributed by atoms with E-state index < -0.39 is 0 Å². The van der Waals surface area contributed by atoms with E-state index in [4.69, 9.17) is 0 Å². The van der Waals surface area contributed by atoms with E-state index in [2.05, 4.69) is 10.6 Å². The van der Waals surface area contributed by atoms with Gasteiger partial charge in [0, 0.05) is 7.05 Å². The van der Waals surface area contributed by atoms with Gasteiger partial charge in [0.05, 0.1) is 5.41 Å². The molecule has 13 heavy (non-hydrogen) atoms. The highest BCUT2D eigenvalue weighted by Crippen LogP contribution is 2.53. The number of carbonyl (C=O) groups is 1. The summed E-state index contributed by atoms with van der Waals surface area (Å²) in [6.07, 6.45) is 4.64. The Morgan fingerprint density at radius 2 is 2.31 bits per heavy atom. The number of rotatable bonds is 2. The third-order valence-electron chi connectivity index (χ3n) is 3.55. The summed E-state index contributed by atoms with van der Waals surface area (Å²) in [6.45, 7) is 2.16. The van der Waals surface area contributed by atoms with E-state index in [1.165, 1.54) is 12.8 Å². The van der Waals surface area contributed by atoms with Gasteiger partial charge in [-0.25, -0.2) is 0 Å². The summed E-state index contributed by atoms with van der Waals surface area (Å²) < 4.78 is 0. The molecule has 74 valence electrons. The standard InChI is InChI=1S/C10H18N2O/c1-11-9(13)10(4-5-10)8-3-2-6-12-7-8/h8,12H,2-7H2,1H3,(H,11,13). The van der Waals surface area contributed by atoms with Crippen LogP contribution in [0, 0.1) is 11.3 Å². The van der Waals surface area contributed by atoms with Crippen LogP contribution < -0.4 is 10.6 Å². The van der Waals surface area contributed by atoms with Crippen LogP contribution in [-0.4, -0.2) is 26.0 Å². The van der Waals surface area contributed by atoms with Crippen molar-refractivity contribution in [2.24, 2.45) is 11.3 Å². The molecular formula is C10H18N2O. The van der Waals surface area contributed by atoms with E-state index in [0.717, 1.165) is 25.9 Å². The number of piperidine rings is 1. The van der Waals surface area contributed by atoms with Gasteiger partial charge in [-0.05, 0) is 44.7 Å². The van der Waals surface area contributed by atoms with Gasteiger partial charge in [-0.15, -0.1) is 0 Å². The summed E-state index contributed by atoms with van der Waals surface area (Å²) in [6, 6.07) is 0. The second kappa shape index (κ2) is 3.29. The minimum Gasteiger partial charge on any atom is -0.359 e. The Hall–Kier alpha value is -0.570. The molecule has 3 nitrogen and oxygen atoms in total. The quantitative estimate of drug-likeness (QED) is 0.653. The van der Waals surface area contributed by atoms with Crippen LogP contribution in [0.25, 0.3) is 0 Å². The maximum atomic E-state index is 11.7.